The van der Waals surface area contributed by atoms with E-state index in [1.165, 1.54) is 0 Å². The van der Waals surface area contributed by atoms with E-state index in [4.69, 9.17) is 19.7 Å². The predicted molar refractivity (Wildman–Crippen MR) is 64.9 cm³/mol. The number of thiol groups is 1. The fraction of sp³-hybridized carbons (Fsp3) is 1.00. The van der Waals surface area contributed by atoms with Crippen LogP contribution in [0.5, 0.6) is 0 Å². The van der Waals surface area contributed by atoms with Crippen molar-refractivity contribution in [3.63, 3.8) is 0 Å². The summed E-state index contributed by atoms with van der Waals surface area (Å²) in [6.45, 7) is 2.42. The number of hydrogen-bond donors (Lipinski definition) is 3. The molecule has 0 bridgehead atoms. The molecule has 0 saturated carbocycles. The minimum atomic E-state index is -0.455. The Bertz CT molecular complexity index is 173. The lowest BCUT2D eigenvalue weighted by atomic mass is 10.1. The van der Waals surface area contributed by atoms with E-state index in [2.05, 4.69) is 12.6 Å². The molecule has 2 unspecified atom stereocenters. The average Bonchev–Trinajstić information content (AvgIpc) is 2.31. The predicted octanol–water partition coefficient (Wildman–Crippen LogP) is 0.614. The van der Waals surface area contributed by atoms with Gasteiger partial charge in [-0.15, -0.1) is 0 Å². The second-order valence-electron chi connectivity index (χ2n) is 4.14. The van der Waals surface area contributed by atoms with Crippen LogP contribution in [0.15, 0.2) is 0 Å². The van der Waals surface area contributed by atoms with Gasteiger partial charge >= 0.3 is 0 Å². The number of ether oxygens (including phenoxy) is 2. The van der Waals surface area contributed by atoms with Gasteiger partial charge in [0.1, 0.15) is 6.10 Å². The molecular weight excluding hydrogens is 228 g/mol. The van der Waals surface area contributed by atoms with Crippen molar-refractivity contribution in [2.24, 2.45) is 0 Å². The molecule has 0 amide bonds. The first-order valence-corrected chi connectivity index (χ1v) is 6.42. The van der Waals surface area contributed by atoms with Crippen molar-refractivity contribution in [1.82, 2.24) is 0 Å². The van der Waals surface area contributed by atoms with Crippen LogP contribution < -0.4 is 0 Å². The molecule has 2 aliphatic heterocycles. The van der Waals surface area contributed by atoms with Crippen LogP contribution in [0.2, 0.25) is 0 Å². The number of rotatable bonds is 1. The molecule has 2 saturated heterocycles. The monoisotopic (exact) mass is 250 g/mol. The van der Waals surface area contributed by atoms with Crippen molar-refractivity contribution in [1.29, 1.82) is 0 Å². The molecule has 2 atom stereocenters. The molecule has 0 radical (unpaired) electrons. The van der Waals surface area contributed by atoms with Gasteiger partial charge in [-0.2, -0.15) is 12.6 Å². The van der Waals surface area contributed by atoms with Crippen LogP contribution in [0.1, 0.15) is 25.7 Å². The molecule has 2 fully saturated rings. The fourth-order valence-corrected chi connectivity index (χ4v) is 1.89. The molecule has 2 heterocycles. The third-order valence-electron chi connectivity index (χ3n) is 2.78. The van der Waals surface area contributed by atoms with Gasteiger partial charge in [-0.1, -0.05) is 0 Å². The van der Waals surface area contributed by atoms with Crippen LogP contribution in [-0.2, 0) is 9.47 Å². The van der Waals surface area contributed by atoms with Gasteiger partial charge in [0.25, 0.3) is 0 Å². The highest BCUT2D eigenvalue weighted by atomic mass is 32.1. The van der Waals surface area contributed by atoms with Crippen LogP contribution in [0.4, 0.5) is 0 Å². The zero-order chi connectivity index (χ0) is 11.8. The van der Waals surface area contributed by atoms with Crippen molar-refractivity contribution in [3.05, 3.63) is 0 Å². The Morgan fingerprint density at radius 2 is 1.81 bits per heavy atom. The molecular formula is C11H22O4S. The van der Waals surface area contributed by atoms with E-state index in [9.17, 15) is 0 Å². The summed E-state index contributed by atoms with van der Waals surface area (Å²) in [6, 6.07) is 0. The Kier molecular flexibility index (Phi) is 7.40. The second-order valence-corrected chi connectivity index (χ2v) is 4.88. The molecule has 5 heteroatoms. The molecule has 2 N–H and O–H groups in total. The summed E-state index contributed by atoms with van der Waals surface area (Å²) in [5.41, 5.74) is 0. The second kappa shape index (κ2) is 8.31. The van der Waals surface area contributed by atoms with Crippen molar-refractivity contribution in [2.75, 3.05) is 26.4 Å². The van der Waals surface area contributed by atoms with Crippen LogP contribution in [0.25, 0.3) is 0 Å². The first kappa shape index (κ1) is 14.3. The molecule has 16 heavy (non-hydrogen) atoms. The lowest BCUT2D eigenvalue weighted by Gasteiger charge is -2.25. The maximum absolute atomic E-state index is 9.08. The molecule has 0 spiro atoms. The van der Waals surface area contributed by atoms with E-state index in [0.29, 0.717) is 11.9 Å². The van der Waals surface area contributed by atoms with Crippen molar-refractivity contribution >= 4 is 12.6 Å². The molecule has 2 rings (SSSR count). The molecule has 96 valence electrons. The Balaban J connectivity index is 0.000000165. The summed E-state index contributed by atoms with van der Waals surface area (Å²) < 4.78 is 10.1. The van der Waals surface area contributed by atoms with E-state index in [0.717, 1.165) is 38.9 Å². The van der Waals surface area contributed by atoms with Crippen LogP contribution in [0, 0.1) is 0 Å². The summed E-state index contributed by atoms with van der Waals surface area (Å²) in [5, 5.41) is 18.3. The van der Waals surface area contributed by atoms with Crippen molar-refractivity contribution in [3.8, 4) is 0 Å². The largest absolute Gasteiger partial charge is 0.394 e. The number of aliphatic hydroxyl groups excluding tert-OH is 2. The molecule has 4 nitrogen and oxygen atoms in total. The van der Waals surface area contributed by atoms with Gasteiger partial charge in [-0.3, -0.25) is 0 Å². The summed E-state index contributed by atoms with van der Waals surface area (Å²) in [6.07, 6.45) is 3.12. The minimum Gasteiger partial charge on any atom is -0.394 e. The minimum absolute atomic E-state index is 0.0683. The Labute approximate surface area is 102 Å². The highest BCUT2D eigenvalue weighted by Gasteiger charge is 2.22. The summed E-state index contributed by atoms with van der Waals surface area (Å²) >= 11 is 4.28. The molecule has 2 aliphatic rings. The SMILES string of the molecule is OCC1OCCCC1O.SC1CCOCC1. The lowest BCUT2D eigenvalue weighted by Crippen LogP contribution is -2.36. The number of aliphatic hydroxyl groups is 2. The first-order valence-electron chi connectivity index (χ1n) is 5.90. The van der Waals surface area contributed by atoms with Gasteiger partial charge in [-0.25, -0.2) is 0 Å². The van der Waals surface area contributed by atoms with E-state index in [1.807, 2.05) is 0 Å². The third kappa shape index (κ3) is 5.50. The smallest absolute Gasteiger partial charge is 0.106 e. The maximum Gasteiger partial charge on any atom is 0.106 e. The van der Waals surface area contributed by atoms with Gasteiger partial charge in [0.05, 0.1) is 12.7 Å². The average molecular weight is 250 g/mol. The molecule has 0 aromatic rings. The summed E-state index contributed by atoms with van der Waals surface area (Å²) in [5.74, 6) is 0. The van der Waals surface area contributed by atoms with Gasteiger partial charge < -0.3 is 19.7 Å². The van der Waals surface area contributed by atoms with Crippen LogP contribution in [0.3, 0.4) is 0 Å². The van der Waals surface area contributed by atoms with E-state index < -0.39 is 6.10 Å². The zero-order valence-corrected chi connectivity index (χ0v) is 10.4. The Morgan fingerprint density at radius 1 is 1.12 bits per heavy atom. The van der Waals surface area contributed by atoms with E-state index in [1.54, 1.807) is 0 Å². The third-order valence-corrected chi connectivity index (χ3v) is 3.29. The summed E-state index contributed by atoms with van der Waals surface area (Å²) in [4.78, 5) is 0. The van der Waals surface area contributed by atoms with Crippen molar-refractivity contribution < 1.29 is 19.7 Å². The normalized spacial score (nSPS) is 31.7. The Morgan fingerprint density at radius 3 is 2.19 bits per heavy atom. The molecule has 0 aromatic heterocycles. The van der Waals surface area contributed by atoms with E-state index in [-0.39, 0.29) is 12.7 Å². The van der Waals surface area contributed by atoms with Gasteiger partial charge in [-0.05, 0) is 25.7 Å². The first-order chi connectivity index (χ1) is 7.74. The standard InChI is InChI=1S/C6H12O3.C5H10OS/c7-4-6-5(8)2-1-3-9-6;7-5-1-3-6-4-2-5/h5-8H,1-4H2;5,7H,1-4H2. The van der Waals surface area contributed by atoms with Crippen LogP contribution in [-0.4, -0.2) is 54.1 Å². The highest BCUT2D eigenvalue weighted by molar-refractivity contribution is 7.80. The van der Waals surface area contributed by atoms with Gasteiger partial charge in [0.2, 0.25) is 0 Å². The lowest BCUT2D eigenvalue weighted by molar-refractivity contribution is -0.0942. The van der Waals surface area contributed by atoms with Gasteiger partial charge in [0, 0.05) is 25.1 Å². The van der Waals surface area contributed by atoms with Crippen LogP contribution >= 0.6 is 12.6 Å². The summed E-state index contributed by atoms with van der Waals surface area (Å²) in [7, 11) is 0. The fourth-order valence-electron chi connectivity index (χ4n) is 1.68. The zero-order valence-electron chi connectivity index (χ0n) is 9.55. The maximum atomic E-state index is 9.08. The molecule has 0 aliphatic carbocycles. The topological polar surface area (TPSA) is 58.9 Å². The highest BCUT2D eigenvalue weighted by Crippen LogP contribution is 2.12. The van der Waals surface area contributed by atoms with E-state index >= 15 is 0 Å². The van der Waals surface area contributed by atoms with Crippen molar-refractivity contribution in [2.45, 2.75) is 43.1 Å². The number of hydrogen-bond acceptors (Lipinski definition) is 5. The Hall–Kier alpha value is 0.190. The quantitative estimate of drug-likeness (QED) is 0.597. The molecule has 0 aromatic carbocycles. The van der Waals surface area contributed by atoms with Gasteiger partial charge in [0.15, 0.2) is 0 Å².